The molecule has 2 N–H and O–H groups in total. The van der Waals surface area contributed by atoms with Crippen LogP contribution in [0.5, 0.6) is 17.2 Å². The highest BCUT2D eigenvalue weighted by molar-refractivity contribution is 5.44. The molecule has 0 spiro atoms. The molecule has 0 aliphatic rings. The van der Waals surface area contributed by atoms with Crippen LogP contribution >= 0.6 is 0 Å². The lowest BCUT2D eigenvalue weighted by molar-refractivity contribution is -0.275. The molecule has 0 aliphatic heterocycles. The Morgan fingerprint density at radius 3 is 1.92 bits per heavy atom. The van der Waals surface area contributed by atoms with Gasteiger partial charge in [0.25, 0.3) is 0 Å². The Balaban J connectivity index is 2.09. The molecular formula is C18H27F3O4. The molecule has 7 heteroatoms. The number of hydrogen-bond donors (Lipinski definition) is 2. The fraction of sp³-hybridized carbons (Fsp3) is 0.667. The summed E-state index contributed by atoms with van der Waals surface area (Å²) in [5.74, 6) is -0.925. The Bertz CT molecular complexity index is 478. The number of hydrogen-bond acceptors (Lipinski definition) is 4. The van der Waals surface area contributed by atoms with Crippen molar-refractivity contribution in [2.45, 2.75) is 64.1 Å². The molecule has 1 aromatic rings. The molecule has 0 fully saturated rings. The van der Waals surface area contributed by atoms with E-state index in [9.17, 15) is 18.3 Å². The maximum absolute atomic E-state index is 12.1. The lowest BCUT2D eigenvalue weighted by Crippen LogP contribution is -2.17. The first-order chi connectivity index (χ1) is 11.9. The molecule has 0 saturated heterocycles. The number of phenols is 1. The number of benzene rings is 1. The number of rotatable bonds is 13. The number of aromatic hydroxyl groups is 1. The number of aliphatic hydroxyl groups excluding tert-OH is 1. The van der Waals surface area contributed by atoms with Crippen molar-refractivity contribution in [3.05, 3.63) is 18.2 Å². The largest absolute Gasteiger partial charge is 0.573 e. The maximum Gasteiger partial charge on any atom is 0.573 e. The number of ether oxygens (including phenoxy) is 2. The topological polar surface area (TPSA) is 58.9 Å². The Hall–Kier alpha value is -1.63. The van der Waals surface area contributed by atoms with E-state index in [2.05, 4.69) is 4.74 Å². The van der Waals surface area contributed by atoms with Gasteiger partial charge in [0.1, 0.15) is 5.75 Å². The molecule has 0 heterocycles. The standard InChI is InChI=1S/C18H27F3O4/c19-18(20,21)25-17-11-10-15(14-16(17)23)24-13-9-7-5-3-1-2-4-6-8-12-22/h10-11,14,22-23H,1-9,12-13H2. The van der Waals surface area contributed by atoms with Crippen molar-refractivity contribution in [1.82, 2.24) is 0 Å². The fourth-order valence-corrected chi connectivity index (χ4v) is 2.44. The number of aliphatic hydroxyl groups is 1. The molecule has 0 radical (unpaired) electrons. The van der Waals surface area contributed by atoms with Crippen molar-refractivity contribution in [2.24, 2.45) is 0 Å². The third-order valence-electron chi connectivity index (χ3n) is 3.73. The van der Waals surface area contributed by atoms with Crippen LogP contribution in [-0.4, -0.2) is 29.8 Å². The summed E-state index contributed by atoms with van der Waals surface area (Å²) in [7, 11) is 0. The Kier molecular flexibility index (Phi) is 10.1. The van der Waals surface area contributed by atoms with Crippen LogP contribution in [-0.2, 0) is 0 Å². The van der Waals surface area contributed by atoms with Gasteiger partial charge >= 0.3 is 6.36 Å². The minimum absolute atomic E-state index is 0.274. The summed E-state index contributed by atoms with van der Waals surface area (Å²) in [6, 6.07) is 3.50. The average Bonchev–Trinajstić information content (AvgIpc) is 2.54. The van der Waals surface area contributed by atoms with Gasteiger partial charge in [-0.15, -0.1) is 13.2 Å². The molecule has 0 aliphatic carbocycles. The van der Waals surface area contributed by atoms with E-state index < -0.39 is 17.9 Å². The van der Waals surface area contributed by atoms with E-state index in [0.717, 1.165) is 44.2 Å². The monoisotopic (exact) mass is 364 g/mol. The van der Waals surface area contributed by atoms with Gasteiger partial charge in [0.15, 0.2) is 11.5 Å². The van der Waals surface area contributed by atoms with Crippen LogP contribution < -0.4 is 9.47 Å². The maximum atomic E-state index is 12.1. The summed E-state index contributed by atoms with van der Waals surface area (Å²) in [6.45, 7) is 0.727. The van der Waals surface area contributed by atoms with E-state index in [0.29, 0.717) is 12.4 Å². The molecule has 0 aromatic heterocycles. The van der Waals surface area contributed by atoms with E-state index in [1.165, 1.54) is 31.7 Å². The lowest BCUT2D eigenvalue weighted by atomic mass is 10.1. The van der Waals surface area contributed by atoms with Gasteiger partial charge in [0, 0.05) is 12.7 Å². The second kappa shape index (κ2) is 11.8. The van der Waals surface area contributed by atoms with E-state index >= 15 is 0 Å². The summed E-state index contributed by atoms with van der Waals surface area (Å²) in [5.41, 5.74) is 0. The zero-order valence-corrected chi connectivity index (χ0v) is 14.4. The number of halogens is 3. The van der Waals surface area contributed by atoms with Crippen LogP contribution in [0.3, 0.4) is 0 Å². The molecule has 1 aromatic carbocycles. The van der Waals surface area contributed by atoms with Gasteiger partial charge in [-0.25, -0.2) is 0 Å². The summed E-state index contributed by atoms with van der Waals surface area (Å²) in [6.07, 6.45) is 4.86. The second-order valence-corrected chi connectivity index (χ2v) is 5.93. The molecule has 0 saturated carbocycles. The Morgan fingerprint density at radius 2 is 1.40 bits per heavy atom. The summed E-state index contributed by atoms with van der Waals surface area (Å²) in [4.78, 5) is 0. The molecule has 4 nitrogen and oxygen atoms in total. The average molecular weight is 364 g/mol. The van der Waals surface area contributed by atoms with Gasteiger partial charge in [0.2, 0.25) is 0 Å². The van der Waals surface area contributed by atoms with E-state index in [1.807, 2.05) is 0 Å². The van der Waals surface area contributed by atoms with E-state index in [-0.39, 0.29) is 6.61 Å². The normalized spacial score (nSPS) is 11.5. The first-order valence-corrected chi connectivity index (χ1v) is 8.75. The van der Waals surface area contributed by atoms with Crippen molar-refractivity contribution >= 4 is 0 Å². The molecule has 144 valence electrons. The van der Waals surface area contributed by atoms with Crippen molar-refractivity contribution < 1.29 is 32.9 Å². The van der Waals surface area contributed by atoms with Crippen molar-refractivity contribution in [3.8, 4) is 17.2 Å². The molecule has 25 heavy (non-hydrogen) atoms. The fourth-order valence-electron chi connectivity index (χ4n) is 2.44. The first-order valence-electron chi connectivity index (χ1n) is 8.75. The van der Waals surface area contributed by atoms with Crippen molar-refractivity contribution in [1.29, 1.82) is 0 Å². The third-order valence-corrected chi connectivity index (χ3v) is 3.73. The lowest BCUT2D eigenvalue weighted by Gasteiger charge is -2.12. The van der Waals surface area contributed by atoms with E-state index in [1.54, 1.807) is 0 Å². The quantitative estimate of drug-likeness (QED) is 0.474. The zero-order valence-electron chi connectivity index (χ0n) is 14.4. The summed E-state index contributed by atoms with van der Waals surface area (Å²) in [5, 5.41) is 18.2. The van der Waals surface area contributed by atoms with Gasteiger partial charge < -0.3 is 19.7 Å². The van der Waals surface area contributed by atoms with Crippen LogP contribution in [0.2, 0.25) is 0 Å². The van der Waals surface area contributed by atoms with Crippen LogP contribution in [0.4, 0.5) is 13.2 Å². The first kappa shape index (κ1) is 21.4. The highest BCUT2D eigenvalue weighted by atomic mass is 19.4. The minimum Gasteiger partial charge on any atom is -0.504 e. The second-order valence-electron chi connectivity index (χ2n) is 5.93. The third kappa shape index (κ3) is 10.8. The highest BCUT2D eigenvalue weighted by Crippen LogP contribution is 2.34. The Labute approximate surface area is 146 Å². The van der Waals surface area contributed by atoms with E-state index in [4.69, 9.17) is 9.84 Å². The number of alkyl halides is 3. The van der Waals surface area contributed by atoms with Gasteiger partial charge in [0.05, 0.1) is 6.61 Å². The SMILES string of the molecule is OCCCCCCCCCCCOc1ccc(OC(F)(F)F)c(O)c1. The van der Waals surface area contributed by atoms with Crippen LogP contribution in [0.15, 0.2) is 18.2 Å². The molecule has 0 amide bonds. The van der Waals surface area contributed by atoms with Gasteiger partial charge in [-0.05, 0) is 25.0 Å². The molecular weight excluding hydrogens is 337 g/mol. The van der Waals surface area contributed by atoms with Crippen LogP contribution in [0.25, 0.3) is 0 Å². The molecule has 0 unspecified atom stereocenters. The minimum atomic E-state index is -4.83. The van der Waals surface area contributed by atoms with Gasteiger partial charge in [-0.2, -0.15) is 0 Å². The van der Waals surface area contributed by atoms with Crippen molar-refractivity contribution in [2.75, 3.05) is 13.2 Å². The highest BCUT2D eigenvalue weighted by Gasteiger charge is 2.32. The van der Waals surface area contributed by atoms with Gasteiger partial charge in [-0.3, -0.25) is 0 Å². The number of phenolic OH excluding ortho intramolecular Hbond substituents is 1. The molecule has 0 atom stereocenters. The van der Waals surface area contributed by atoms with Crippen LogP contribution in [0.1, 0.15) is 57.8 Å². The zero-order chi connectivity index (χ0) is 18.5. The predicted molar refractivity (Wildman–Crippen MR) is 88.9 cm³/mol. The summed E-state index contributed by atoms with van der Waals surface area (Å²) < 4.78 is 45.4. The Morgan fingerprint density at radius 1 is 0.840 bits per heavy atom. The smallest absolute Gasteiger partial charge is 0.504 e. The summed E-state index contributed by atoms with van der Waals surface area (Å²) >= 11 is 0. The van der Waals surface area contributed by atoms with Crippen molar-refractivity contribution in [3.63, 3.8) is 0 Å². The number of unbranched alkanes of at least 4 members (excludes halogenated alkanes) is 8. The predicted octanol–water partition coefficient (Wildman–Crippen LogP) is 5.17. The van der Waals surface area contributed by atoms with Gasteiger partial charge in [-0.1, -0.05) is 44.9 Å². The molecule has 1 rings (SSSR count). The van der Waals surface area contributed by atoms with Crippen LogP contribution in [0, 0.1) is 0 Å². The molecule has 0 bridgehead atoms.